The third-order valence-corrected chi connectivity index (χ3v) is 7.46. The number of methoxy groups -OCH3 is 2. The lowest BCUT2D eigenvalue weighted by Crippen LogP contribution is -2.43. The molecule has 0 aliphatic carbocycles. The summed E-state index contributed by atoms with van der Waals surface area (Å²) in [6.07, 6.45) is 0.766. The molecule has 3 aromatic rings. The van der Waals surface area contributed by atoms with Crippen LogP contribution in [0.1, 0.15) is 45.3 Å². The predicted octanol–water partition coefficient (Wildman–Crippen LogP) is 3.69. The SMILES string of the molecule is CCc1nc(C)c2c(C)c(C(=O)NCC(c3ccc(OC)c(OC)c3)N3CCOCC3)sc2n1. The van der Waals surface area contributed by atoms with E-state index in [1.165, 1.54) is 11.3 Å². The number of amides is 1. The van der Waals surface area contributed by atoms with Crippen molar-refractivity contribution in [3.63, 3.8) is 0 Å². The van der Waals surface area contributed by atoms with Crippen molar-refractivity contribution in [3.8, 4) is 11.5 Å². The Morgan fingerprint density at radius 2 is 1.91 bits per heavy atom. The van der Waals surface area contributed by atoms with Gasteiger partial charge in [-0.1, -0.05) is 13.0 Å². The minimum absolute atomic E-state index is 0.0180. The smallest absolute Gasteiger partial charge is 0.261 e. The Hall–Kier alpha value is -2.75. The van der Waals surface area contributed by atoms with Crippen molar-refractivity contribution in [2.75, 3.05) is 47.1 Å². The molecule has 9 heteroatoms. The molecular formula is C25H32N4O4S. The lowest BCUT2D eigenvalue weighted by Gasteiger charge is -2.35. The molecule has 1 aromatic carbocycles. The number of rotatable bonds is 8. The first-order valence-corrected chi connectivity index (χ1v) is 12.4. The quantitative estimate of drug-likeness (QED) is 0.522. The van der Waals surface area contributed by atoms with Crippen LogP contribution in [0.3, 0.4) is 0 Å². The number of hydrogen-bond acceptors (Lipinski definition) is 8. The van der Waals surface area contributed by atoms with Gasteiger partial charge in [0, 0.05) is 37.1 Å². The molecule has 1 fully saturated rings. The molecular weight excluding hydrogens is 452 g/mol. The lowest BCUT2D eigenvalue weighted by atomic mass is 10.0. The van der Waals surface area contributed by atoms with Gasteiger partial charge >= 0.3 is 0 Å². The molecule has 8 nitrogen and oxygen atoms in total. The van der Waals surface area contributed by atoms with Crippen molar-refractivity contribution < 1.29 is 19.0 Å². The standard InChI is InChI=1S/C25H32N4O4S/c1-6-21-27-16(3)22-15(2)23(34-25(22)28-21)24(30)26-14-18(29-9-11-33-12-10-29)17-7-8-19(31-4)20(13-17)32-5/h7-8,13,18H,6,9-12,14H2,1-5H3,(H,26,30). The number of nitrogens with zero attached hydrogens (tertiary/aromatic N) is 3. The molecule has 0 radical (unpaired) electrons. The molecule has 1 N–H and O–H groups in total. The number of aryl methyl sites for hydroxylation is 3. The van der Waals surface area contributed by atoms with Gasteiger partial charge in [-0.05, 0) is 37.1 Å². The summed E-state index contributed by atoms with van der Waals surface area (Å²) in [5, 5.41) is 4.16. The molecule has 3 heterocycles. The van der Waals surface area contributed by atoms with Gasteiger partial charge in [-0.25, -0.2) is 9.97 Å². The summed E-state index contributed by atoms with van der Waals surface area (Å²) in [6, 6.07) is 5.91. The molecule has 0 spiro atoms. The van der Waals surface area contributed by atoms with E-state index in [0.717, 1.165) is 52.4 Å². The highest BCUT2D eigenvalue weighted by Crippen LogP contribution is 2.33. The average Bonchev–Trinajstić information content (AvgIpc) is 3.21. The van der Waals surface area contributed by atoms with Gasteiger partial charge in [-0.2, -0.15) is 0 Å². The molecule has 1 unspecified atom stereocenters. The Morgan fingerprint density at radius 1 is 1.18 bits per heavy atom. The maximum atomic E-state index is 13.3. The summed E-state index contributed by atoms with van der Waals surface area (Å²) < 4.78 is 16.5. The van der Waals surface area contributed by atoms with Crippen molar-refractivity contribution in [2.45, 2.75) is 33.2 Å². The van der Waals surface area contributed by atoms with Crippen molar-refractivity contribution in [1.29, 1.82) is 0 Å². The minimum atomic E-state index is -0.0864. The highest BCUT2D eigenvalue weighted by atomic mass is 32.1. The summed E-state index contributed by atoms with van der Waals surface area (Å²) >= 11 is 1.44. The number of fused-ring (bicyclic) bond motifs is 1. The van der Waals surface area contributed by atoms with Gasteiger partial charge in [-0.3, -0.25) is 9.69 Å². The summed E-state index contributed by atoms with van der Waals surface area (Å²) in [6.45, 7) is 9.40. The van der Waals surface area contributed by atoms with Gasteiger partial charge in [0.1, 0.15) is 10.7 Å². The third kappa shape index (κ3) is 4.87. The number of ether oxygens (including phenoxy) is 3. The molecule has 0 bridgehead atoms. The molecule has 0 saturated carbocycles. The van der Waals surface area contributed by atoms with E-state index in [4.69, 9.17) is 14.2 Å². The molecule has 2 aromatic heterocycles. The molecule has 1 saturated heterocycles. The fourth-order valence-corrected chi connectivity index (χ4v) is 5.61. The van der Waals surface area contributed by atoms with Crippen LogP contribution in [0.5, 0.6) is 11.5 Å². The van der Waals surface area contributed by atoms with Crippen LogP contribution in [-0.2, 0) is 11.2 Å². The summed E-state index contributed by atoms with van der Waals surface area (Å²) in [7, 11) is 3.26. The molecule has 4 rings (SSSR count). The van der Waals surface area contributed by atoms with Gasteiger partial charge in [-0.15, -0.1) is 11.3 Å². The Balaban J connectivity index is 1.60. The molecule has 1 aliphatic rings. The van der Waals surface area contributed by atoms with Crippen molar-refractivity contribution in [1.82, 2.24) is 20.2 Å². The summed E-state index contributed by atoms with van der Waals surface area (Å²) in [4.78, 5) is 26.4. The first-order valence-electron chi connectivity index (χ1n) is 11.5. The fourth-order valence-electron chi connectivity index (χ4n) is 4.45. The highest BCUT2D eigenvalue weighted by molar-refractivity contribution is 7.20. The fraction of sp³-hybridized carbons (Fsp3) is 0.480. The van der Waals surface area contributed by atoms with Crippen LogP contribution in [-0.4, -0.2) is 67.8 Å². The van der Waals surface area contributed by atoms with Crippen molar-refractivity contribution in [2.24, 2.45) is 0 Å². The van der Waals surface area contributed by atoms with E-state index in [2.05, 4.69) is 20.2 Å². The van der Waals surface area contributed by atoms with Crippen LogP contribution in [0.25, 0.3) is 10.2 Å². The summed E-state index contributed by atoms with van der Waals surface area (Å²) in [5.41, 5.74) is 2.92. The zero-order valence-electron chi connectivity index (χ0n) is 20.4. The number of hydrogen-bond donors (Lipinski definition) is 1. The first-order chi connectivity index (χ1) is 16.5. The number of aromatic nitrogens is 2. The van der Waals surface area contributed by atoms with Crippen LogP contribution >= 0.6 is 11.3 Å². The number of morpholine rings is 1. The lowest BCUT2D eigenvalue weighted by molar-refractivity contribution is 0.0162. The van der Waals surface area contributed by atoms with E-state index in [1.807, 2.05) is 39.0 Å². The van der Waals surface area contributed by atoms with Crippen LogP contribution in [0.2, 0.25) is 0 Å². The Bertz CT molecular complexity index is 1170. The number of benzene rings is 1. The second kappa shape index (κ2) is 10.7. The van der Waals surface area contributed by atoms with E-state index in [1.54, 1.807) is 14.2 Å². The minimum Gasteiger partial charge on any atom is -0.493 e. The zero-order valence-corrected chi connectivity index (χ0v) is 21.3. The number of nitrogens with one attached hydrogen (secondary N) is 1. The summed E-state index contributed by atoms with van der Waals surface area (Å²) in [5.74, 6) is 2.07. The molecule has 182 valence electrons. The number of carbonyl (C=O) groups excluding carboxylic acids is 1. The molecule has 1 aliphatic heterocycles. The van der Waals surface area contributed by atoms with E-state index < -0.39 is 0 Å². The maximum Gasteiger partial charge on any atom is 0.261 e. The second-order valence-corrected chi connectivity index (χ2v) is 9.30. The largest absolute Gasteiger partial charge is 0.493 e. The Kier molecular flexibility index (Phi) is 7.65. The van der Waals surface area contributed by atoms with Gasteiger partial charge in [0.2, 0.25) is 0 Å². The van der Waals surface area contributed by atoms with Crippen LogP contribution < -0.4 is 14.8 Å². The third-order valence-electron chi connectivity index (χ3n) is 6.27. The predicted molar refractivity (Wildman–Crippen MR) is 133 cm³/mol. The van der Waals surface area contributed by atoms with E-state index in [0.29, 0.717) is 36.1 Å². The maximum absolute atomic E-state index is 13.3. The van der Waals surface area contributed by atoms with Gasteiger partial charge in [0.15, 0.2) is 11.5 Å². The monoisotopic (exact) mass is 484 g/mol. The Labute approximate surface area is 204 Å². The molecule has 1 amide bonds. The average molecular weight is 485 g/mol. The molecule has 34 heavy (non-hydrogen) atoms. The zero-order chi connectivity index (χ0) is 24.2. The highest BCUT2D eigenvalue weighted by Gasteiger charge is 2.26. The van der Waals surface area contributed by atoms with Gasteiger partial charge < -0.3 is 19.5 Å². The Morgan fingerprint density at radius 3 is 2.59 bits per heavy atom. The molecule has 1 atom stereocenters. The van der Waals surface area contributed by atoms with E-state index in [-0.39, 0.29) is 11.9 Å². The van der Waals surface area contributed by atoms with Crippen molar-refractivity contribution in [3.05, 3.63) is 45.7 Å². The van der Waals surface area contributed by atoms with Gasteiger partial charge in [0.25, 0.3) is 5.91 Å². The number of carbonyl (C=O) groups is 1. The van der Waals surface area contributed by atoms with Crippen LogP contribution in [0.15, 0.2) is 18.2 Å². The van der Waals surface area contributed by atoms with Crippen molar-refractivity contribution >= 4 is 27.5 Å². The number of thiophene rings is 1. The van der Waals surface area contributed by atoms with Crippen LogP contribution in [0.4, 0.5) is 0 Å². The van der Waals surface area contributed by atoms with Gasteiger partial charge in [0.05, 0.1) is 38.4 Å². The van der Waals surface area contributed by atoms with E-state index >= 15 is 0 Å². The second-order valence-electron chi connectivity index (χ2n) is 8.30. The van der Waals surface area contributed by atoms with E-state index in [9.17, 15) is 4.79 Å². The first kappa shape index (κ1) is 24.4. The normalized spacial score (nSPS) is 15.3. The topological polar surface area (TPSA) is 85.8 Å². The van der Waals surface area contributed by atoms with Crippen LogP contribution in [0, 0.1) is 13.8 Å².